The van der Waals surface area contributed by atoms with Gasteiger partial charge in [0.2, 0.25) is 5.91 Å². The standard InChI is InChI=1S/C10H19N3OS/c1-12-10(14)8-2-5-13(6-3-8)7-4-9(11)15/h8H,2-7H2,1H3,(H2,11,15)(H,12,14). The average molecular weight is 229 g/mol. The minimum Gasteiger partial charge on any atom is -0.393 e. The van der Waals surface area contributed by atoms with Crippen LogP contribution in [-0.4, -0.2) is 42.5 Å². The molecule has 1 saturated heterocycles. The van der Waals surface area contributed by atoms with Gasteiger partial charge in [-0.1, -0.05) is 12.2 Å². The van der Waals surface area contributed by atoms with Crippen molar-refractivity contribution in [3.63, 3.8) is 0 Å². The van der Waals surface area contributed by atoms with Crippen molar-refractivity contribution in [1.82, 2.24) is 10.2 Å². The lowest BCUT2D eigenvalue weighted by atomic mass is 9.96. The number of thiocarbonyl (C=S) groups is 1. The molecular weight excluding hydrogens is 210 g/mol. The Morgan fingerprint density at radius 2 is 2.13 bits per heavy atom. The van der Waals surface area contributed by atoms with Crippen molar-refractivity contribution in [2.75, 3.05) is 26.7 Å². The van der Waals surface area contributed by atoms with E-state index in [0.717, 1.165) is 38.9 Å². The van der Waals surface area contributed by atoms with Crippen molar-refractivity contribution in [2.24, 2.45) is 11.7 Å². The van der Waals surface area contributed by atoms with Crippen molar-refractivity contribution in [1.29, 1.82) is 0 Å². The lowest BCUT2D eigenvalue weighted by Gasteiger charge is -2.30. The number of piperidine rings is 1. The Morgan fingerprint density at radius 1 is 1.53 bits per heavy atom. The summed E-state index contributed by atoms with van der Waals surface area (Å²) in [6.07, 6.45) is 2.66. The Hall–Kier alpha value is -0.680. The minimum absolute atomic E-state index is 0.170. The lowest BCUT2D eigenvalue weighted by Crippen LogP contribution is -2.40. The van der Waals surface area contributed by atoms with Gasteiger partial charge in [-0.2, -0.15) is 0 Å². The molecule has 0 aromatic rings. The van der Waals surface area contributed by atoms with Gasteiger partial charge in [0.05, 0.1) is 4.99 Å². The SMILES string of the molecule is CNC(=O)C1CCN(CCC(N)=S)CC1. The van der Waals surface area contributed by atoms with Crippen LogP contribution in [0.5, 0.6) is 0 Å². The Morgan fingerprint density at radius 3 is 2.60 bits per heavy atom. The molecule has 1 aliphatic rings. The van der Waals surface area contributed by atoms with E-state index in [1.165, 1.54) is 0 Å². The Labute approximate surface area is 96.2 Å². The fourth-order valence-corrected chi connectivity index (χ4v) is 1.98. The molecule has 1 aliphatic heterocycles. The van der Waals surface area contributed by atoms with Crippen LogP contribution in [0.1, 0.15) is 19.3 Å². The van der Waals surface area contributed by atoms with Gasteiger partial charge in [0.25, 0.3) is 0 Å². The van der Waals surface area contributed by atoms with Crippen molar-refractivity contribution < 1.29 is 4.79 Å². The van der Waals surface area contributed by atoms with Crippen molar-refractivity contribution in [3.05, 3.63) is 0 Å². The summed E-state index contributed by atoms with van der Waals surface area (Å²) < 4.78 is 0. The number of likely N-dealkylation sites (tertiary alicyclic amines) is 1. The molecule has 0 bridgehead atoms. The predicted molar refractivity (Wildman–Crippen MR) is 64.6 cm³/mol. The van der Waals surface area contributed by atoms with Crippen LogP contribution < -0.4 is 11.1 Å². The van der Waals surface area contributed by atoms with Gasteiger partial charge in [-0.15, -0.1) is 0 Å². The van der Waals surface area contributed by atoms with Gasteiger partial charge in [0.15, 0.2) is 0 Å². The number of hydrogen-bond acceptors (Lipinski definition) is 3. The topological polar surface area (TPSA) is 58.4 Å². The molecule has 5 heteroatoms. The van der Waals surface area contributed by atoms with E-state index in [1.807, 2.05) is 0 Å². The van der Waals surface area contributed by atoms with E-state index < -0.39 is 0 Å². The molecule has 0 unspecified atom stereocenters. The molecule has 0 spiro atoms. The van der Waals surface area contributed by atoms with Crippen LogP contribution >= 0.6 is 12.2 Å². The fraction of sp³-hybridized carbons (Fsp3) is 0.800. The van der Waals surface area contributed by atoms with Gasteiger partial charge in [-0.25, -0.2) is 0 Å². The molecule has 4 nitrogen and oxygen atoms in total. The first-order valence-electron chi connectivity index (χ1n) is 5.35. The summed E-state index contributed by atoms with van der Waals surface area (Å²) in [7, 11) is 1.70. The van der Waals surface area contributed by atoms with E-state index in [-0.39, 0.29) is 11.8 Å². The van der Waals surface area contributed by atoms with Gasteiger partial charge in [0.1, 0.15) is 0 Å². The van der Waals surface area contributed by atoms with Crippen LogP contribution in [0.25, 0.3) is 0 Å². The number of carbonyl (C=O) groups is 1. The van der Waals surface area contributed by atoms with Crippen LogP contribution in [-0.2, 0) is 4.79 Å². The molecule has 3 N–H and O–H groups in total. The van der Waals surface area contributed by atoms with E-state index in [9.17, 15) is 4.79 Å². The zero-order chi connectivity index (χ0) is 11.3. The normalized spacial score (nSPS) is 18.7. The smallest absolute Gasteiger partial charge is 0.222 e. The number of amides is 1. The fourth-order valence-electron chi connectivity index (χ4n) is 1.89. The highest BCUT2D eigenvalue weighted by Crippen LogP contribution is 2.17. The molecule has 15 heavy (non-hydrogen) atoms. The summed E-state index contributed by atoms with van der Waals surface area (Å²) in [5, 5.41) is 2.70. The first-order chi connectivity index (χ1) is 7.13. The number of nitrogens with zero attached hydrogens (tertiary/aromatic N) is 1. The predicted octanol–water partition coefficient (Wildman–Crippen LogP) is 0.121. The molecule has 0 radical (unpaired) electrons. The second-order valence-electron chi connectivity index (χ2n) is 3.95. The van der Waals surface area contributed by atoms with E-state index in [4.69, 9.17) is 18.0 Å². The van der Waals surface area contributed by atoms with E-state index in [2.05, 4.69) is 10.2 Å². The van der Waals surface area contributed by atoms with Gasteiger partial charge < -0.3 is 16.0 Å². The highest BCUT2D eigenvalue weighted by atomic mass is 32.1. The number of rotatable bonds is 4. The molecule has 0 atom stereocenters. The zero-order valence-corrected chi connectivity index (χ0v) is 9.98. The summed E-state index contributed by atoms with van der Waals surface area (Å²) in [5.74, 6) is 0.361. The Kier molecular flexibility index (Phi) is 4.98. The molecule has 1 heterocycles. The third kappa shape index (κ3) is 4.13. The van der Waals surface area contributed by atoms with Gasteiger partial charge in [-0.05, 0) is 25.9 Å². The molecule has 1 rings (SSSR count). The maximum Gasteiger partial charge on any atom is 0.222 e. The average Bonchev–Trinajstić information content (AvgIpc) is 2.26. The molecule has 0 aliphatic carbocycles. The van der Waals surface area contributed by atoms with Crippen LogP contribution in [0.4, 0.5) is 0 Å². The van der Waals surface area contributed by atoms with Crippen LogP contribution in [0.2, 0.25) is 0 Å². The number of nitrogens with two attached hydrogens (primary N) is 1. The van der Waals surface area contributed by atoms with Crippen LogP contribution in [0.15, 0.2) is 0 Å². The summed E-state index contributed by atoms with van der Waals surface area (Å²) >= 11 is 4.83. The number of carbonyl (C=O) groups excluding carboxylic acids is 1. The van der Waals surface area contributed by atoms with E-state index in [1.54, 1.807) is 7.05 Å². The van der Waals surface area contributed by atoms with Crippen molar-refractivity contribution in [3.8, 4) is 0 Å². The molecular formula is C10H19N3OS. The monoisotopic (exact) mass is 229 g/mol. The molecule has 86 valence electrons. The minimum atomic E-state index is 0.170. The summed E-state index contributed by atoms with van der Waals surface area (Å²) in [6.45, 7) is 2.87. The molecule has 1 fully saturated rings. The highest BCUT2D eigenvalue weighted by molar-refractivity contribution is 7.80. The quantitative estimate of drug-likeness (QED) is 0.672. The second kappa shape index (κ2) is 6.02. The summed E-state index contributed by atoms with van der Waals surface area (Å²) in [4.78, 5) is 14.3. The third-order valence-corrected chi connectivity index (χ3v) is 3.08. The third-order valence-electron chi connectivity index (χ3n) is 2.88. The van der Waals surface area contributed by atoms with Gasteiger partial charge >= 0.3 is 0 Å². The molecule has 1 amide bonds. The second-order valence-corrected chi connectivity index (χ2v) is 4.47. The lowest BCUT2D eigenvalue weighted by molar-refractivity contribution is -0.125. The maximum atomic E-state index is 11.4. The molecule has 0 aromatic heterocycles. The van der Waals surface area contributed by atoms with Gasteiger partial charge in [-0.3, -0.25) is 4.79 Å². The Bertz CT molecular complexity index is 237. The van der Waals surface area contributed by atoms with Crippen molar-refractivity contribution in [2.45, 2.75) is 19.3 Å². The first kappa shape index (κ1) is 12.4. The zero-order valence-electron chi connectivity index (χ0n) is 9.16. The molecule has 0 saturated carbocycles. The largest absolute Gasteiger partial charge is 0.393 e. The summed E-state index contributed by atoms with van der Waals surface area (Å²) in [6, 6.07) is 0. The number of nitrogens with one attached hydrogen (secondary N) is 1. The highest BCUT2D eigenvalue weighted by Gasteiger charge is 2.23. The van der Waals surface area contributed by atoms with Gasteiger partial charge in [0, 0.05) is 25.9 Å². The van der Waals surface area contributed by atoms with E-state index >= 15 is 0 Å². The summed E-state index contributed by atoms with van der Waals surface area (Å²) in [5.41, 5.74) is 5.45. The van der Waals surface area contributed by atoms with Crippen LogP contribution in [0, 0.1) is 5.92 Å². The Balaban J connectivity index is 2.23. The molecule has 0 aromatic carbocycles. The van der Waals surface area contributed by atoms with Crippen molar-refractivity contribution >= 4 is 23.1 Å². The van der Waals surface area contributed by atoms with Crippen LogP contribution in [0.3, 0.4) is 0 Å². The first-order valence-corrected chi connectivity index (χ1v) is 5.76. The van der Waals surface area contributed by atoms with E-state index in [0.29, 0.717) is 4.99 Å². The number of hydrogen-bond donors (Lipinski definition) is 2. The maximum absolute atomic E-state index is 11.4.